The van der Waals surface area contributed by atoms with Gasteiger partial charge in [0.1, 0.15) is 0 Å². The molecule has 0 aliphatic rings. The summed E-state index contributed by atoms with van der Waals surface area (Å²) in [6, 6.07) is 0. The van der Waals surface area contributed by atoms with Gasteiger partial charge < -0.3 is 2.85 Å². The summed E-state index contributed by atoms with van der Waals surface area (Å²) in [6.07, 6.45) is 11.5. The Morgan fingerprint density at radius 2 is 1.50 bits per heavy atom. The molecule has 2 heteroatoms. The molecule has 0 aromatic heterocycles. The van der Waals surface area contributed by atoms with E-state index in [1.165, 1.54) is 50.3 Å². The minimum Gasteiger partial charge on any atom is -1.00 e. The van der Waals surface area contributed by atoms with Gasteiger partial charge in [-0.15, -0.1) is 6.58 Å². The summed E-state index contributed by atoms with van der Waals surface area (Å²) >= 11 is 3.43. The van der Waals surface area contributed by atoms with E-state index in [0.29, 0.717) is 0 Å². The van der Waals surface area contributed by atoms with E-state index in [4.69, 9.17) is 0 Å². The molecule has 0 nitrogen and oxygen atoms in total. The Labute approximate surface area is 104 Å². The largest absolute Gasteiger partial charge is 2.00 e. The van der Waals surface area contributed by atoms with Crippen LogP contribution in [0.5, 0.6) is 0 Å². The second-order valence-electron chi connectivity index (χ2n) is 2.89. The van der Waals surface area contributed by atoms with Gasteiger partial charge in [-0.2, -0.15) is 0 Å². The molecule has 0 aromatic carbocycles. The summed E-state index contributed by atoms with van der Waals surface area (Å²) in [4.78, 5) is 0. The van der Waals surface area contributed by atoms with E-state index in [9.17, 15) is 0 Å². The van der Waals surface area contributed by atoms with Crippen molar-refractivity contribution in [2.45, 2.75) is 44.9 Å². The Bertz CT molecular complexity index is 92.2. The predicted molar refractivity (Wildman–Crippen MR) is 64.3 cm³/mol. The molecule has 0 atom stereocenters. The van der Waals surface area contributed by atoms with Crippen molar-refractivity contribution >= 4 is 39.0 Å². The zero-order valence-electron chi connectivity index (χ0n) is 10.0. The molecule has 0 unspecified atom stereocenters. The molecule has 0 radical (unpaired) electrons. The third-order valence-corrected chi connectivity index (χ3v) is 2.35. The standard InChI is InChI=1S/C10H19Br.Mg.2H/c1-2-3-4-5-6-7-8-9-10-11;;;/h2H,1,3-10H2;;;/q;+2;2*-1. The fraction of sp³-hybridized carbons (Fsp3) is 0.800. The molecule has 0 aliphatic carbocycles. The average molecular weight is 245 g/mol. The van der Waals surface area contributed by atoms with Gasteiger partial charge in [-0.1, -0.05) is 47.7 Å². The predicted octanol–water partition coefficient (Wildman–Crippen LogP) is 4.14. The maximum Gasteiger partial charge on any atom is 2.00 e. The quantitative estimate of drug-likeness (QED) is 0.261. The van der Waals surface area contributed by atoms with Crippen LogP contribution in [-0.2, 0) is 0 Å². The number of allylic oxidation sites excluding steroid dienone is 1. The number of rotatable bonds is 8. The molecule has 0 aliphatic heterocycles. The van der Waals surface area contributed by atoms with E-state index >= 15 is 0 Å². The van der Waals surface area contributed by atoms with E-state index in [0.717, 1.165) is 0 Å². The SMILES string of the molecule is C=CCCCCCCCCBr.[H-].[H-].[Mg+2]. The van der Waals surface area contributed by atoms with Crippen molar-refractivity contribution in [1.82, 2.24) is 0 Å². The Kier molecular flexibility index (Phi) is 18.7. The molecule has 0 rings (SSSR count). The topological polar surface area (TPSA) is 0 Å². The van der Waals surface area contributed by atoms with Crippen molar-refractivity contribution in [3.63, 3.8) is 0 Å². The van der Waals surface area contributed by atoms with E-state index in [1.54, 1.807) is 0 Å². The fourth-order valence-electron chi connectivity index (χ4n) is 1.09. The smallest absolute Gasteiger partial charge is 1.00 e. The van der Waals surface area contributed by atoms with Crippen LogP contribution >= 0.6 is 15.9 Å². The van der Waals surface area contributed by atoms with Crippen LogP contribution in [0.4, 0.5) is 0 Å². The van der Waals surface area contributed by atoms with Gasteiger partial charge in [-0.25, -0.2) is 0 Å². The fourth-order valence-corrected chi connectivity index (χ4v) is 1.49. The summed E-state index contributed by atoms with van der Waals surface area (Å²) in [5, 5.41) is 1.17. The molecule has 0 aromatic rings. The molecule has 0 spiro atoms. The first kappa shape index (κ1) is 15.5. The van der Waals surface area contributed by atoms with Gasteiger partial charge >= 0.3 is 23.1 Å². The number of hydrogen-bond acceptors (Lipinski definition) is 0. The molecule has 0 heterocycles. The third kappa shape index (κ3) is 13.6. The van der Waals surface area contributed by atoms with E-state index in [1.807, 2.05) is 6.08 Å². The summed E-state index contributed by atoms with van der Waals surface area (Å²) in [7, 11) is 0. The Morgan fingerprint density at radius 3 is 2.00 bits per heavy atom. The average Bonchev–Trinajstić information content (AvgIpc) is 2.03. The first-order chi connectivity index (χ1) is 5.41. The van der Waals surface area contributed by atoms with Gasteiger partial charge in [0.25, 0.3) is 0 Å². The summed E-state index contributed by atoms with van der Waals surface area (Å²) < 4.78 is 0. The monoisotopic (exact) mass is 244 g/mol. The molecular formula is C10H21BrMg. The van der Waals surface area contributed by atoms with Crippen LogP contribution < -0.4 is 0 Å². The van der Waals surface area contributed by atoms with Crippen LogP contribution in [0.25, 0.3) is 0 Å². The van der Waals surface area contributed by atoms with Gasteiger partial charge in [-0.3, -0.25) is 0 Å². The molecule has 0 N–H and O–H groups in total. The Hall–Kier alpha value is 0.986. The number of hydrogen-bond donors (Lipinski definition) is 0. The molecule has 0 amide bonds. The molecule has 70 valence electrons. The molecular weight excluding hydrogens is 224 g/mol. The number of halogens is 1. The molecule has 0 saturated heterocycles. The third-order valence-electron chi connectivity index (χ3n) is 1.79. The van der Waals surface area contributed by atoms with Crippen LogP contribution in [0.3, 0.4) is 0 Å². The van der Waals surface area contributed by atoms with Gasteiger partial charge in [-0.05, 0) is 19.3 Å². The van der Waals surface area contributed by atoms with Crippen LogP contribution in [0.1, 0.15) is 47.8 Å². The molecule has 0 bridgehead atoms. The van der Waals surface area contributed by atoms with Gasteiger partial charge in [0.2, 0.25) is 0 Å². The van der Waals surface area contributed by atoms with Crippen LogP contribution in [-0.4, -0.2) is 28.4 Å². The van der Waals surface area contributed by atoms with E-state index in [-0.39, 0.29) is 25.9 Å². The summed E-state index contributed by atoms with van der Waals surface area (Å²) in [6.45, 7) is 3.70. The van der Waals surface area contributed by atoms with Crippen LogP contribution in [0.2, 0.25) is 0 Å². The maximum absolute atomic E-state index is 3.70. The van der Waals surface area contributed by atoms with Crippen molar-refractivity contribution in [3.8, 4) is 0 Å². The van der Waals surface area contributed by atoms with Crippen molar-refractivity contribution in [1.29, 1.82) is 0 Å². The van der Waals surface area contributed by atoms with Gasteiger partial charge in [0.05, 0.1) is 0 Å². The summed E-state index contributed by atoms with van der Waals surface area (Å²) in [5.74, 6) is 0. The van der Waals surface area contributed by atoms with Crippen LogP contribution in [0.15, 0.2) is 12.7 Å². The van der Waals surface area contributed by atoms with Crippen molar-refractivity contribution in [2.24, 2.45) is 0 Å². The number of unbranched alkanes of at least 4 members (excludes halogenated alkanes) is 6. The normalized spacial score (nSPS) is 9.08. The van der Waals surface area contributed by atoms with Gasteiger partial charge in [0.15, 0.2) is 0 Å². The molecule has 0 saturated carbocycles. The maximum atomic E-state index is 3.70. The summed E-state index contributed by atoms with van der Waals surface area (Å²) in [5.41, 5.74) is 0. The second-order valence-corrected chi connectivity index (χ2v) is 3.68. The first-order valence-corrected chi connectivity index (χ1v) is 5.71. The zero-order valence-corrected chi connectivity index (χ0v) is 11.0. The van der Waals surface area contributed by atoms with E-state index < -0.39 is 0 Å². The number of alkyl halides is 1. The molecule has 12 heavy (non-hydrogen) atoms. The van der Waals surface area contributed by atoms with Gasteiger partial charge in [0, 0.05) is 5.33 Å². The van der Waals surface area contributed by atoms with Crippen molar-refractivity contribution in [2.75, 3.05) is 5.33 Å². The second kappa shape index (κ2) is 14.5. The van der Waals surface area contributed by atoms with Crippen molar-refractivity contribution in [3.05, 3.63) is 12.7 Å². The Balaban J connectivity index is -0.000000167. The minimum absolute atomic E-state index is 0. The van der Waals surface area contributed by atoms with Crippen LogP contribution in [0, 0.1) is 0 Å². The van der Waals surface area contributed by atoms with Crippen molar-refractivity contribution < 1.29 is 2.85 Å². The first-order valence-electron chi connectivity index (χ1n) is 4.58. The molecule has 0 fully saturated rings. The zero-order chi connectivity index (χ0) is 8.36. The van der Waals surface area contributed by atoms with E-state index in [2.05, 4.69) is 22.5 Å². The Morgan fingerprint density at radius 1 is 1.00 bits per heavy atom. The minimum atomic E-state index is 0.